The molecule has 6 nitrogen and oxygen atoms in total. The van der Waals surface area contributed by atoms with Gasteiger partial charge in [-0.1, -0.05) is 0 Å². The molecule has 0 unspecified atom stereocenters. The van der Waals surface area contributed by atoms with Crippen molar-refractivity contribution in [3.8, 4) is 0 Å². The first-order chi connectivity index (χ1) is 9.08. The second kappa shape index (κ2) is 5.34. The number of nitrogens with zero attached hydrogens (tertiary/aromatic N) is 2. The average Bonchev–Trinajstić information content (AvgIpc) is 2.92. The third-order valence-corrected chi connectivity index (χ3v) is 2.56. The lowest BCUT2D eigenvalue weighted by atomic mass is 10.2. The summed E-state index contributed by atoms with van der Waals surface area (Å²) in [5.74, 6) is -0.326. The Morgan fingerprint density at radius 1 is 1.16 bits per heavy atom. The van der Waals surface area contributed by atoms with E-state index in [-0.39, 0.29) is 11.8 Å². The maximum atomic E-state index is 11.8. The Morgan fingerprint density at radius 3 is 2.37 bits per heavy atom. The van der Waals surface area contributed by atoms with Crippen LogP contribution in [0, 0.1) is 0 Å². The van der Waals surface area contributed by atoms with E-state index in [1.165, 1.54) is 17.3 Å². The van der Waals surface area contributed by atoms with Crippen LogP contribution in [0.4, 0.5) is 5.69 Å². The van der Waals surface area contributed by atoms with Gasteiger partial charge in [0.1, 0.15) is 0 Å². The number of carbonyl (C=O) groups excluding carboxylic acids is 2. The van der Waals surface area contributed by atoms with E-state index in [1.807, 2.05) is 0 Å². The molecule has 0 aliphatic heterocycles. The summed E-state index contributed by atoms with van der Waals surface area (Å²) in [6, 6.07) is 6.73. The molecule has 0 fully saturated rings. The minimum absolute atomic E-state index is 0.0762. The fourth-order valence-electron chi connectivity index (χ4n) is 1.53. The Morgan fingerprint density at radius 2 is 1.84 bits per heavy atom. The highest BCUT2D eigenvalue weighted by molar-refractivity contribution is 6.04. The normalized spacial score (nSPS) is 10.0. The Labute approximate surface area is 110 Å². The highest BCUT2D eigenvalue weighted by atomic mass is 16.2. The second-order valence-corrected chi connectivity index (χ2v) is 4.22. The lowest BCUT2D eigenvalue weighted by Gasteiger charge is -2.10. The topological polar surface area (TPSA) is 78.1 Å². The predicted octanol–water partition coefficient (Wildman–Crippen LogP) is 1.36. The van der Waals surface area contributed by atoms with Crippen LogP contribution < -0.4 is 5.32 Å². The number of benzene rings is 1. The van der Waals surface area contributed by atoms with Crippen molar-refractivity contribution in [1.29, 1.82) is 0 Å². The largest absolute Gasteiger partial charge is 0.345 e. The van der Waals surface area contributed by atoms with Crippen molar-refractivity contribution in [3.05, 3.63) is 47.8 Å². The van der Waals surface area contributed by atoms with Gasteiger partial charge in [-0.25, -0.2) is 0 Å². The number of anilines is 1. The molecule has 6 heteroatoms. The molecule has 0 aliphatic rings. The van der Waals surface area contributed by atoms with E-state index in [4.69, 9.17) is 0 Å². The van der Waals surface area contributed by atoms with Crippen molar-refractivity contribution in [3.63, 3.8) is 0 Å². The zero-order chi connectivity index (χ0) is 13.8. The second-order valence-electron chi connectivity index (χ2n) is 4.22. The molecule has 0 saturated carbocycles. The van der Waals surface area contributed by atoms with E-state index < -0.39 is 0 Å². The maximum absolute atomic E-state index is 11.8. The van der Waals surface area contributed by atoms with Gasteiger partial charge in [-0.2, -0.15) is 5.10 Å². The van der Waals surface area contributed by atoms with Crippen LogP contribution in [0.1, 0.15) is 20.7 Å². The maximum Gasteiger partial charge on any atom is 0.258 e. The molecule has 98 valence electrons. The smallest absolute Gasteiger partial charge is 0.258 e. The lowest BCUT2D eigenvalue weighted by molar-refractivity contribution is 0.0827. The van der Waals surface area contributed by atoms with Crippen LogP contribution in [-0.2, 0) is 0 Å². The van der Waals surface area contributed by atoms with Gasteiger partial charge in [0.25, 0.3) is 11.8 Å². The van der Waals surface area contributed by atoms with Gasteiger partial charge in [0.15, 0.2) is 0 Å². The fraction of sp³-hybridized carbons (Fsp3) is 0.154. The zero-order valence-corrected chi connectivity index (χ0v) is 10.7. The molecule has 1 heterocycles. The third-order valence-electron chi connectivity index (χ3n) is 2.56. The predicted molar refractivity (Wildman–Crippen MR) is 71.0 cm³/mol. The van der Waals surface area contributed by atoms with Crippen LogP contribution in [0.25, 0.3) is 0 Å². The van der Waals surface area contributed by atoms with Gasteiger partial charge < -0.3 is 10.2 Å². The van der Waals surface area contributed by atoms with Crippen molar-refractivity contribution >= 4 is 17.5 Å². The van der Waals surface area contributed by atoms with E-state index in [0.29, 0.717) is 16.8 Å². The van der Waals surface area contributed by atoms with Gasteiger partial charge in [0.2, 0.25) is 0 Å². The van der Waals surface area contributed by atoms with Crippen LogP contribution in [0.2, 0.25) is 0 Å². The van der Waals surface area contributed by atoms with Gasteiger partial charge in [0, 0.05) is 31.5 Å². The number of aromatic nitrogens is 2. The van der Waals surface area contributed by atoms with Gasteiger partial charge in [-0.15, -0.1) is 0 Å². The summed E-state index contributed by atoms with van der Waals surface area (Å²) < 4.78 is 0. The number of rotatable bonds is 3. The zero-order valence-electron chi connectivity index (χ0n) is 10.7. The average molecular weight is 258 g/mol. The van der Waals surface area contributed by atoms with E-state index in [0.717, 1.165) is 0 Å². The first kappa shape index (κ1) is 12.8. The number of aromatic amines is 1. The number of hydrogen-bond acceptors (Lipinski definition) is 3. The third kappa shape index (κ3) is 2.98. The highest BCUT2D eigenvalue weighted by Crippen LogP contribution is 2.12. The molecule has 0 bridgehead atoms. The Bertz CT molecular complexity index is 573. The standard InChI is InChI=1S/C13H14N4O2/c1-17(2)13(19)9-3-5-11(6-4-9)16-12(18)10-7-14-15-8-10/h3-8H,1-2H3,(H,14,15)(H,16,18). The van der Waals surface area contributed by atoms with Gasteiger partial charge >= 0.3 is 0 Å². The summed E-state index contributed by atoms with van der Waals surface area (Å²) >= 11 is 0. The molecule has 0 radical (unpaired) electrons. The van der Waals surface area contributed by atoms with Gasteiger partial charge in [0.05, 0.1) is 11.8 Å². The lowest BCUT2D eigenvalue weighted by Crippen LogP contribution is -2.21. The summed E-state index contributed by atoms with van der Waals surface area (Å²) in [6.07, 6.45) is 2.96. The minimum atomic E-state index is -0.250. The monoisotopic (exact) mass is 258 g/mol. The molecule has 2 amide bonds. The van der Waals surface area contributed by atoms with Crippen molar-refractivity contribution in [2.45, 2.75) is 0 Å². The minimum Gasteiger partial charge on any atom is -0.345 e. The molecule has 2 aromatic rings. The van der Waals surface area contributed by atoms with E-state index in [1.54, 1.807) is 38.4 Å². The molecule has 2 N–H and O–H groups in total. The SMILES string of the molecule is CN(C)C(=O)c1ccc(NC(=O)c2cn[nH]c2)cc1. The molecule has 2 rings (SSSR count). The van der Waals surface area contributed by atoms with Crippen LogP contribution >= 0.6 is 0 Å². The quantitative estimate of drug-likeness (QED) is 0.872. The first-order valence-electron chi connectivity index (χ1n) is 5.70. The van der Waals surface area contributed by atoms with Crippen molar-refractivity contribution in [2.24, 2.45) is 0 Å². The summed E-state index contributed by atoms with van der Waals surface area (Å²) in [7, 11) is 3.38. The molecule has 1 aromatic heterocycles. The molecule has 0 spiro atoms. The highest BCUT2D eigenvalue weighted by Gasteiger charge is 2.09. The number of hydrogen-bond donors (Lipinski definition) is 2. The summed E-state index contributed by atoms with van der Waals surface area (Å²) in [4.78, 5) is 24.9. The van der Waals surface area contributed by atoms with E-state index in [2.05, 4.69) is 15.5 Å². The summed E-state index contributed by atoms with van der Waals surface area (Å²) in [5.41, 5.74) is 1.65. The number of carbonyl (C=O) groups is 2. The summed E-state index contributed by atoms with van der Waals surface area (Å²) in [6.45, 7) is 0. The van der Waals surface area contributed by atoms with Crippen LogP contribution in [0.15, 0.2) is 36.7 Å². The molecular formula is C13H14N4O2. The molecule has 0 atom stereocenters. The van der Waals surface area contributed by atoms with Crippen molar-refractivity contribution < 1.29 is 9.59 Å². The Kier molecular flexibility index (Phi) is 3.61. The number of nitrogens with one attached hydrogen (secondary N) is 2. The Hall–Kier alpha value is -2.63. The van der Waals surface area contributed by atoms with Crippen LogP contribution in [0.3, 0.4) is 0 Å². The van der Waals surface area contributed by atoms with E-state index >= 15 is 0 Å². The molecule has 1 aromatic carbocycles. The molecule has 0 saturated heterocycles. The Balaban J connectivity index is 2.07. The van der Waals surface area contributed by atoms with Crippen LogP contribution in [0.5, 0.6) is 0 Å². The molecule has 0 aliphatic carbocycles. The fourth-order valence-corrected chi connectivity index (χ4v) is 1.53. The van der Waals surface area contributed by atoms with Crippen molar-refractivity contribution in [1.82, 2.24) is 15.1 Å². The van der Waals surface area contributed by atoms with Gasteiger partial charge in [-0.05, 0) is 24.3 Å². The van der Waals surface area contributed by atoms with Gasteiger partial charge in [-0.3, -0.25) is 14.7 Å². The van der Waals surface area contributed by atoms with Crippen LogP contribution in [-0.4, -0.2) is 41.0 Å². The van der Waals surface area contributed by atoms with E-state index in [9.17, 15) is 9.59 Å². The molecule has 19 heavy (non-hydrogen) atoms. The molecular weight excluding hydrogens is 244 g/mol. The van der Waals surface area contributed by atoms with Crippen molar-refractivity contribution in [2.75, 3.05) is 19.4 Å². The number of amides is 2. The first-order valence-corrected chi connectivity index (χ1v) is 5.70. The number of H-pyrrole nitrogens is 1. The summed E-state index contributed by atoms with van der Waals surface area (Å²) in [5, 5.41) is 8.99.